The first-order valence-electron chi connectivity index (χ1n) is 12.6. The van der Waals surface area contributed by atoms with E-state index in [1.54, 1.807) is 30.3 Å². The van der Waals surface area contributed by atoms with Gasteiger partial charge < -0.3 is 30.7 Å². The molecule has 7 rings (SSSR count). The zero-order chi connectivity index (χ0) is 27.7. The highest BCUT2D eigenvalue weighted by atomic mass is 19.4. The van der Waals surface area contributed by atoms with Crippen LogP contribution in [0.1, 0.15) is 29.3 Å². The van der Waals surface area contributed by atoms with E-state index in [-0.39, 0.29) is 23.5 Å². The lowest BCUT2D eigenvalue weighted by Gasteiger charge is -2.15. The van der Waals surface area contributed by atoms with Crippen molar-refractivity contribution in [3.8, 4) is 11.8 Å². The first kappa shape index (κ1) is 28.0. The highest BCUT2D eigenvalue weighted by molar-refractivity contribution is 5.94. The van der Waals surface area contributed by atoms with Crippen molar-refractivity contribution in [1.29, 1.82) is 0 Å². The van der Waals surface area contributed by atoms with Gasteiger partial charge in [-0.2, -0.15) is 23.1 Å². The summed E-state index contributed by atoms with van der Waals surface area (Å²) in [5.41, 5.74) is 1.99. The zero-order valence-corrected chi connectivity index (χ0v) is 21.5. The molecule has 5 heterocycles. The molecule has 0 saturated heterocycles. The van der Waals surface area contributed by atoms with Crippen LogP contribution in [0.3, 0.4) is 0 Å². The van der Waals surface area contributed by atoms with Gasteiger partial charge in [-0.25, -0.2) is 0 Å². The third kappa shape index (κ3) is 9.32. The van der Waals surface area contributed by atoms with Gasteiger partial charge in [0.2, 0.25) is 0 Å². The largest absolute Gasteiger partial charge is 0.494 e. The fourth-order valence-corrected chi connectivity index (χ4v) is 3.72. The van der Waals surface area contributed by atoms with Crippen molar-refractivity contribution in [2.75, 3.05) is 43.5 Å². The number of hydrogen-bond donors (Lipinski definition) is 4. The molecule has 12 heteroatoms. The molecular weight excluding hydrogens is 513 g/mol. The second-order valence-electron chi connectivity index (χ2n) is 9.25. The number of aromatic nitrogens is 2. The molecule has 1 atom stereocenters. The van der Waals surface area contributed by atoms with E-state index in [4.69, 9.17) is 9.47 Å². The van der Waals surface area contributed by atoms with Crippen molar-refractivity contribution in [2.24, 2.45) is 5.92 Å². The number of anilines is 3. The summed E-state index contributed by atoms with van der Waals surface area (Å²) in [7, 11) is 0. The third-order valence-corrected chi connectivity index (χ3v) is 5.76. The molecule has 6 bridgehead atoms. The first-order chi connectivity index (χ1) is 18.7. The Morgan fingerprint density at radius 2 is 1.74 bits per heavy atom. The number of amides is 1. The number of carbonyl (C=O) groups is 1. The minimum absolute atomic E-state index is 0.196. The molecule has 4 aliphatic rings. The summed E-state index contributed by atoms with van der Waals surface area (Å²) in [5.74, 6) is 1.28. The summed E-state index contributed by atoms with van der Waals surface area (Å²) in [4.78, 5) is 20.7. The van der Waals surface area contributed by atoms with E-state index in [2.05, 4.69) is 38.2 Å². The van der Waals surface area contributed by atoms with Gasteiger partial charge >= 0.3 is 12.2 Å². The van der Waals surface area contributed by atoms with E-state index >= 15 is 0 Å². The third-order valence-electron chi connectivity index (χ3n) is 5.76. The molecule has 0 radical (unpaired) electrons. The van der Waals surface area contributed by atoms with Crippen LogP contribution < -0.4 is 30.7 Å². The number of nitrogens with one attached hydrogen (secondary N) is 4. The molecule has 0 aliphatic carbocycles. The van der Waals surface area contributed by atoms with Crippen LogP contribution in [0, 0.1) is 5.92 Å². The molecule has 208 valence electrons. The molecule has 1 amide bonds. The van der Waals surface area contributed by atoms with Gasteiger partial charge in [0, 0.05) is 30.4 Å². The van der Waals surface area contributed by atoms with Crippen molar-refractivity contribution in [3.05, 3.63) is 65.7 Å². The second kappa shape index (κ2) is 13.1. The Kier molecular flexibility index (Phi) is 9.42. The van der Waals surface area contributed by atoms with Crippen LogP contribution in [-0.2, 0) is 6.54 Å². The lowest BCUT2D eigenvalue weighted by Crippen LogP contribution is -2.33. The number of hydrogen-bond acceptors (Lipinski definition) is 8. The minimum Gasteiger partial charge on any atom is -0.494 e. The molecule has 0 fully saturated rings. The first-order valence-corrected chi connectivity index (χ1v) is 12.6. The summed E-state index contributed by atoms with van der Waals surface area (Å²) >= 11 is 0. The Bertz CT molecular complexity index is 1220. The van der Waals surface area contributed by atoms with Crippen molar-refractivity contribution in [1.82, 2.24) is 20.6 Å². The predicted octanol–water partition coefficient (Wildman–Crippen LogP) is 4.51. The molecule has 1 aromatic heterocycles. The number of benzene rings is 2. The normalized spacial score (nSPS) is 17.2. The van der Waals surface area contributed by atoms with E-state index in [0.29, 0.717) is 30.9 Å². The van der Waals surface area contributed by atoms with Gasteiger partial charge in [-0.3, -0.25) is 4.79 Å². The zero-order valence-electron chi connectivity index (χ0n) is 21.5. The fourth-order valence-electron chi connectivity index (χ4n) is 3.72. The second-order valence-corrected chi connectivity index (χ2v) is 9.25. The monoisotopic (exact) mass is 544 g/mol. The average molecular weight is 545 g/mol. The minimum atomic E-state index is -4.53. The summed E-state index contributed by atoms with van der Waals surface area (Å²) < 4.78 is 48.8. The Hall–Kier alpha value is -4.06. The average Bonchev–Trinajstić information content (AvgIpc) is 2.91. The Labute approximate surface area is 224 Å². The van der Waals surface area contributed by atoms with Crippen molar-refractivity contribution >= 4 is 23.2 Å². The van der Waals surface area contributed by atoms with Crippen molar-refractivity contribution in [2.45, 2.75) is 26.1 Å². The highest BCUT2D eigenvalue weighted by Gasteiger charge is 2.29. The molecular formula is C27H31F3N6O3. The Balaban J connectivity index is 1.55. The molecule has 3 aromatic rings. The van der Waals surface area contributed by atoms with Crippen molar-refractivity contribution in [3.63, 3.8) is 0 Å². The van der Waals surface area contributed by atoms with Gasteiger partial charge in [0.1, 0.15) is 17.4 Å². The van der Waals surface area contributed by atoms with E-state index in [1.165, 1.54) is 0 Å². The number of halogens is 3. The van der Waals surface area contributed by atoms with Gasteiger partial charge in [-0.05, 0) is 67.4 Å². The van der Waals surface area contributed by atoms with Crippen LogP contribution in [-0.4, -0.2) is 54.9 Å². The Morgan fingerprint density at radius 3 is 2.49 bits per heavy atom. The van der Waals surface area contributed by atoms with E-state index in [0.717, 1.165) is 30.8 Å². The standard InChI is InChI=1S/C27H31F3N6O3/c1-18-14-31-11-2-12-38-22-9-3-19(4-10-22)16-32-23-13-24(36-26(35-23)39-17-27(28,29)30)34-21-7-5-20(6-8-21)25(37)33-15-18/h3-10,13,18,31H,2,11-12,14-17H2,1H3,(H,33,37)(H2,32,34,35,36). The van der Waals surface area contributed by atoms with Gasteiger partial charge in [-0.15, -0.1) is 0 Å². The quantitative estimate of drug-likeness (QED) is 0.373. The summed E-state index contributed by atoms with van der Waals surface area (Å²) in [5, 5.41) is 12.5. The number of rotatable bonds is 2. The van der Waals surface area contributed by atoms with Crippen LogP contribution >= 0.6 is 0 Å². The van der Waals surface area contributed by atoms with Crippen LogP contribution in [0.15, 0.2) is 54.6 Å². The summed E-state index contributed by atoms with van der Waals surface area (Å²) in [6, 6.07) is 15.4. The highest BCUT2D eigenvalue weighted by Crippen LogP contribution is 2.23. The maximum Gasteiger partial charge on any atom is 0.422 e. The number of nitrogens with zero attached hydrogens (tertiary/aromatic N) is 2. The van der Waals surface area contributed by atoms with Gasteiger partial charge in [-0.1, -0.05) is 19.1 Å². The molecule has 39 heavy (non-hydrogen) atoms. The van der Waals surface area contributed by atoms with Gasteiger partial charge in [0.25, 0.3) is 5.91 Å². The molecule has 4 aliphatic heterocycles. The van der Waals surface area contributed by atoms with Gasteiger partial charge in [0.05, 0.1) is 6.61 Å². The predicted molar refractivity (Wildman–Crippen MR) is 142 cm³/mol. The van der Waals surface area contributed by atoms with Crippen LogP contribution in [0.4, 0.5) is 30.5 Å². The fraction of sp³-hybridized carbons (Fsp3) is 0.370. The molecule has 4 N–H and O–H groups in total. The molecule has 0 spiro atoms. The van der Waals surface area contributed by atoms with E-state index in [9.17, 15) is 18.0 Å². The SMILES string of the molecule is CC1CNCCCOc2ccc(cc2)CNc2cc(nc(OCC(F)(F)F)n2)Nc2ccc(cc2)C(=O)NC1. The van der Waals surface area contributed by atoms with Gasteiger partial charge in [0.15, 0.2) is 6.61 Å². The number of carbonyl (C=O) groups excluding carboxylic acids is 1. The lowest BCUT2D eigenvalue weighted by molar-refractivity contribution is -0.154. The van der Waals surface area contributed by atoms with E-state index in [1.807, 2.05) is 24.3 Å². The topological polar surface area (TPSA) is 109 Å². The molecule has 1 unspecified atom stereocenters. The Morgan fingerprint density at radius 1 is 1.00 bits per heavy atom. The number of alkyl halides is 3. The van der Waals surface area contributed by atoms with E-state index < -0.39 is 18.8 Å². The smallest absolute Gasteiger partial charge is 0.422 e. The molecule has 0 saturated carbocycles. The maximum atomic E-state index is 12.7. The number of ether oxygens (including phenoxy) is 2. The summed E-state index contributed by atoms with van der Waals surface area (Å²) in [6.45, 7) is 3.54. The molecule has 2 aromatic carbocycles. The molecule has 9 nitrogen and oxygen atoms in total. The lowest BCUT2D eigenvalue weighted by atomic mass is 10.1. The van der Waals surface area contributed by atoms with Crippen LogP contribution in [0.2, 0.25) is 0 Å². The van der Waals surface area contributed by atoms with Crippen LogP contribution in [0.25, 0.3) is 0 Å². The summed E-state index contributed by atoms with van der Waals surface area (Å²) in [6.07, 6.45) is -3.70. The maximum absolute atomic E-state index is 12.7. The van der Waals surface area contributed by atoms with Crippen LogP contribution in [0.5, 0.6) is 11.8 Å². The van der Waals surface area contributed by atoms with Crippen molar-refractivity contribution < 1.29 is 27.4 Å².